The number of amides is 3. The highest BCUT2D eigenvalue weighted by atomic mass is 16.6. The van der Waals surface area contributed by atoms with Gasteiger partial charge in [-0.3, -0.25) is 9.59 Å². The number of hydrogen-bond acceptors (Lipinski definition) is 5. The highest BCUT2D eigenvalue weighted by Crippen LogP contribution is 2.21. The third-order valence-corrected chi connectivity index (χ3v) is 5.03. The molecule has 1 heterocycles. The lowest BCUT2D eigenvalue weighted by atomic mass is 9.95. The molecule has 1 aliphatic rings. The number of likely N-dealkylation sites (tertiary alicyclic amines) is 1. The van der Waals surface area contributed by atoms with Crippen molar-refractivity contribution < 1.29 is 19.1 Å². The number of likely N-dealkylation sites (N-methyl/N-ethyl adjacent to an activating group) is 1. The Morgan fingerprint density at radius 3 is 2.23 bits per heavy atom. The minimum atomic E-state index is -0.592. The number of piperidine rings is 1. The Labute approximate surface area is 185 Å². The summed E-state index contributed by atoms with van der Waals surface area (Å²) >= 11 is 0. The minimum Gasteiger partial charge on any atom is -0.459 e. The van der Waals surface area contributed by atoms with Crippen LogP contribution in [0, 0.1) is 5.92 Å². The van der Waals surface area contributed by atoms with Crippen LogP contribution in [0.15, 0.2) is 30.3 Å². The van der Waals surface area contributed by atoms with Crippen LogP contribution in [0.25, 0.3) is 0 Å². The molecule has 0 spiro atoms. The van der Waals surface area contributed by atoms with E-state index in [1.165, 1.54) is 0 Å². The smallest absolute Gasteiger partial charge is 0.326 e. The molecule has 1 aromatic rings. The molecule has 0 atom stereocenters. The van der Waals surface area contributed by atoms with E-state index in [0.29, 0.717) is 39.0 Å². The second-order valence-corrected chi connectivity index (χ2v) is 9.21. The van der Waals surface area contributed by atoms with Crippen molar-refractivity contribution >= 4 is 23.6 Å². The quantitative estimate of drug-likeness (QED) is 0.670. The van der Waals surface area contributed by atoms with Crippen molar-refractivity contribution in [3.8, 4) is 0 Å². The Balaban J connectivity index is 1.92. The third kappa shape index (κ3) is 8.57. The average Bonchev–Trinajstić information content (AvgIpc) is 2.70. The molecule has 0 saturated carbocycles. The highest BCUT2D eigenvalue weighted by molar-refractivity contribution is 5.89. The first-order chi connectivity index (χ1) is 14.5. The fourth-order valence-electron chi connectivity index (χ4n) is 3.43. The lowest BCUT2D eigenvalue weighted by molar-refractivity contribution is -0.160. The van der Waals surface area contributed by atoms with Crippen LogP contribution in [0.4, 0.5) is 10.5 Å². The lowest BCUT2D eigenvalue weighted by Gasteiger charge is -2.34. The zero-order valence-electron chi connectivity index (χ0n) is 19.4. The van der Waals surface area contributed by atoms with Gasteiger partial charge in [-0.2, -0.15) is 0 Å². The van der Waals surface area contributed by atoms with Gasteiger partial charge in [0.1, 0.15) is 12.1 Å². The predicted octanol–water partition coefficient (Wildman–Crippen LogP) is 2.66. The van der Waals surface area contributed by atoms with Gasteiger partial charge in [0.15, 0.2) is 0 Å². The first kappa shape index (κ1) is 24.7. The van der Waals surface area contributed by atoms with Gasteiger partial charge in [0.2, 0.25) is 5.91 Å². The van der Waals surface area contributed by atoms with Crippen LogP contribution in [0.5, 0.6) is 0 Å². The molecule has 2 rings (SSSR count). The van der Waals surface area contributed by atoms with Gasteiger partial charge in [-0.1, -0.05) is 18.2 Å². The van der Waals surface area contributed by atoms with Crippen LogP contribution >= 0.6 is 0 Å². The third-order valence-electron chi connectivity index (χ3n) is 5.03. The van der Waals surface area contributed by atoms with Crippen molar-refractivity contribution in [2.75, 3.05) is 52.1 Å². The van der Waals surface area contributed by atoms with E-state index in [9.17, 15) is 14.4 Å². The number of benzene rings is 1. The molecule has 1 fully saturated rings. The zero-order chi connectivity index (χ0) is 23.0. The Morgan fingerprint density at radius 1 is 1.06 bits per heavy atom. The summed E-state index contributed by atoms with van der Waals surface area (Å²) in [5.74, 6) is -0.652. The molecule has 8 nitrogen and oxygen atoms in total. The monoisotopic (exact) mass is 432 g/mol. The molecule has 0 radical (unpaired) electrons. The van der Waals surface area contributed by atoms with Crippen LogP contribution in [-0.2, 0) is 14.3 Å². The zero-order valence-corrected chi connectivity index (χ0v) is 19.4. The molecule has 172 valence electrons. The van der Waals surface area contributed by atoms with Gasteiger partial charge >= 0.3 is 12.0 Å². The maximum Gasteiger partial charge on any atom is 0.326 e. The number of para-hydroxylation sites is 1. The fourth-order valence-corrected chi connectivity index (χ4v) is 3.43. The highest BCUT2D eigenvalue weighted by Gasteiger charge is 2.32. The van der Waals surface area contributed by atoms with Crippen LogP contribution in [0.1, 0.15) is 33.6 Å². The van der Waals surface area contributed by atoms with Crippen LogP contribution in [0.3, 0.4) is 0 Å². The lowest BCUT2D eigenvalue weighted by Crippen LogP contribution is -2.48. The molecule has 0 aliphatic carbocycles. The number of hydrogen-bond donors (Lipinski definition) is 1. The second kappa shape index (κ2) is 11.1. The van der Waals surface area contributed by atoms with Crippen molar-refractivity contribution in [2.45, 2.75) is 39.2 Å². The molecular weight excluding hydrogens is 396 g/mol. The molecule has 31 heavy (non-hydrogen) atoms. The normalized spacial score (nSPS) is 15.0. The maximum atomic E-state index is 13.2. The second-order valence-electron chi connectivity index (χ2n) is 9.21. The molecule has 1 N–H and O–H groups in total. The maximum absolute atomic E-state index is 13.2. The Morgan fingerprint density at radius 2 is 1.68 bits per heavy atom. The Hall–Kier alpha value is -2.61. The van der Waals surface area contributed by atoms with Crippen LogP contribution in [-0.4, -0.2) is 85.0 Å². The van der Waals surface area contributed by atoms with Crippen molar-refractivity contribution in [2.24, 2.45) is 5.92 Å². The standard InChI is InChI=1S/C23H36N4O4/c1-23(2,3)31-20(28)17-27(16-15-25(4)5)21(29)18-11-13-26(14-12-18)22(30)24-19-9-7-6-8-10-19/h6-10,18H,11-17H2,1-5H3,(H,24,30). The summed E-state index contributed by atoms with van der Waals surface area (Å²) in [6, 6.07) is 9.16. The van der Waals surface area contributed by atoms with Crippen molar-refractivity contribution in [3.63, 3.8) is 0 Å². The number of carbonyl (C=O) groups is 3. The summed E-state index contributed by atoms with van der Waals surface area (Å²) in [6.45, 7) is 7.50. The van der Waals surface area contributed by atoms with E-state index in [1.54, 1.807) is 9.80 Å². The van der Waals surface area contributed by atoms with E-state index in [2.05, 4.69) is 5.32 Å². The van der Waals surface area contributed by atoms with Gasteiger partial charge in [-0.05, 0) is 59.8 Å². The van der Waals surface area contributed by atoms with Crippen molar-refractivity contribution in [1.29, 1.82) is 0 Å². The van der Waals surface area contributed by atoms with Gasteiger partial charge in [0.05, 0.1) is 0 Å². The molecule has 1 saturated heterocycles. The molecule has 8 heteroatoms. The first-order valence-corrected chi connectivity index (χ1v) is 10.8. The molecule has 0 aromatic heterocycles. The summed E-state index contributed by atoms with van der Waals surface area (Å²) in [5.41, 5.74) is 0.156. The summed E-state index contributed by atoms with van der Waals surface area (Å²) in [5, 5.41) is 2.88. The molecule has 3 amide bonds. The molecular formula is C23H36N4O4. The topological polar surface area (TPSA) is 82.2 Å². The van der Waals surface area contributed by atoms with E-state index in [1.807, 2.05) is 70.1 Å². The van der Waals surface area contributed by atoms with E-state index in [0.717, 1.165) is 5.69 Å². The molecule has 0 bridgehead atoms. The predicted molar refractivity (Wildman–Crippen MR) is 121 cm³/mol. The van der Waals surface area contributed by atoms with Gasteiger partial charge in [-0.25, -0.2) is 4.79 Å². The van der Waals surface area contributed by atoms with Gasteiger partial charge in [-0.15, -0.1) is 0 Å². The van der Waals surface area contributed by atoms with Crippen molar-refractivity contribution in [1.82, 2.24) is 14.7 Å². The molecule has 1 aliphatic heterocycles. The Bertz CT molecular complexity index is 738. The number of urea groups is 1. The average molecular weight is 433 g/mol. The summed E-state index contributed by atoms with van der Waals surface area (Å²) < 4.78 is 5.41. The SMILES string of the molecule is CN(C)CCN(CC(=O)OC(C)(C)C)C(=O)C1CCN(C(=O)Nc2ccccc2)CC1. The summed E-state index contributed by atoms with van der Waals surface area (Å²) in [4.78, 5) is 43.3. The van der Waals surface area contributed by atoms with E-state index >= 15 is 0 Å². The van der Waals surface area contributed by atoms with E-state index in [4.69, 9.17) is 4.74 Å². The van der Waals surface area contributed by atoms with Gasteiger partial charge < -0.3 is 24.8 Å². The minimum absolute atomic E-state index is 0.0455. The largest absolute Gasteiger partial charge is 0.459 e. The summed E-state index contributed by atoms with van der Waals surface area (Å²) in [7, 11) is 3.86. The number of nitrogens with zero attached hydrogens (tertiary/aromatic N) is 3. The molecule has 1 aromatic carbocycles. The number of rotatable bonds is 7. The number of anilines is 1. The summed E-state index contributed by atoms with van der Waals surface area (Å²) in [6.07, 6.45) is 1.15. The van der Waals surface area contributed by atoms with Crippen molar-refractivity contribution in [3.05, 3.63) is 30.3 Å². The number of nitrogens with one attached hydrogen (secondary N) is 1. The van der Waals surface area contributed by atoms with Crippen LogP contribution in [0.2, 0.25) is 0 Å². The Kier molecular flexibility index (Phi) is 8.86. The van der Waals surface area contributed by atoms with Gasteiger partial charge in [0.25, 0.3) is 0 Å². The number of ether oxygens (including phenoxy) is 1. The van der Waals surface area contributed by atoms with Gasteiger partial charge in [0, 0.05) is 37.8 Å². The number of carbonyl (C=O) groups excluding carboxylic acids is 3. The molecule has 0 unspecified atom stereocenters. The van der Waals surface area contributed by atoms with E-state index in [-0.39, 0.29) is 24.4 Å². The van der Waals surface area contributed by atoms with Crippen LogP contribution < -0.4 is 5.32 Å². The fraction of sp³-hybridized carbons (Fsp3) is 0.609. The first-order valence-electron chi connectivity index (χ1n) is 10.8. The van der Waals surface area contributed by atoms with E-state index < -0.39 is 11.6 Å². The number of esters is 1.